The van der Waals surface area contributed by atoms with E-state index in [4.69, 9.17) is 4.74 Å². The number of carbonyl (C=O) groups is 1. The summed E-state index contributed by atoms with van der Waals surface area (Å²) in [5.74, 6) is 0.740. The maximum absolute atomic E-state index is 11.0. The van der Waals surface area contributed by atoms with Crippen molar-refractivity contribution in [2.45, 2.75) is 19.3 Å². The Hall–Kier alpha value is -2.75. The van der Waals surface area contributed by atoms with Crippen molar-refractivity contribution in [2.75, 3.05) is 13.2 Å². The van der Waals surface area contributed by atoms with Crippen LogP contribution in [-0.4, -0.2) is 24.2 Å². The predicted molar refractivity (Wildman–Crippen MR) is 95.3 cm³/mol. The van der Waals surface area contributed by atoms with E-state index in [1.54, 1.807) is 6.07 Å². The lowest BCUT2D eigenvalue weighted by Crippen LogP contribution is -2.22. The Bertz CT molecular complexity index is 668. The molecule has 0 heterocycles. The number of ether oxygens (including phenoxy) is 1. The molecule has 0 aliphatic rings. The van der Waals surface area contributed by atoms with Gasteiger partial charge in [0.05, 0.1) is 6.61 Å². The van der Waals surface area contributed by atoms with Gasteiger partial charge in [-0.15, -0.1) is 0 Å². The quantitative estimate of drug-likeness (QED) is 0.548. The Morgan fingerprint density at radius 3 is 2.67 bits per heavy atom. The molecule has 0 aromatic heterocycles. The molecule has 24 heavy (non-hydrogen) atoms. The van der Waals surface area contributed by atoms with Crippen molar-refractivity contribution in [2.24, 2.45) is 0 Å². The second-order valence-corrected chi connectivity index (χ2v) is 5.50. The molecule has 4 nitrogen and oxygen atoms in total. The summed E-state index contributed by atoms with van der Waals surface area (Å²) in [6.45, 7) is 4.55. The van der Waals surface area contributed by atoms with E-state index in [0.29, 0.717) is 25.3 Å². The molecule has 0 aliphatic carbocycles. The van der Waals surface area contributed by atoms with Gasteiger partial charge in [-0.25, -0.2) is 0 Å². The molecule has 0 saturated carbocycles. The number of amides is 1. The molecule has 1 amide bonds. The molecule has 0 aliphatic heterocycles. The van der Waals surface area contributed by atoms with Gasteiger partial charge in [-0.3, -0.25) is 4.79 Å². The third kappa shape index (κ3) is 5.80. The van der Waals surface area contributed by atoms with Crippen LogP contribution < -0.4 is 10.1 Å². The van der Waals surface area contributed by atoms with Crippen molar-refractivity contribution in [1.82, 2.24) is 5.32 Å². The van der Waals surface area contributed by atoms with E-state index in [1.807, 2.05) is 42.5 Å². The van der Waals surface area contributed by atoms with E-state index in [-0.39, 0.29) is 11.7 Å². The minimum Gasteiger partial charge on any atom is -0.508 e. The van der Waals surface area contributed by atoms with Crippen LogP contribution >= 0.6 is 0 Å². The SMILES string of the molecule is C=CC(=O)NCCCCOc1ccc(Cc2ccccc2)c(O)c1. The molecule has 0 unspecified atom stereocenters. The van der Waals surface area contributed by atoms with Crippen LogP contribution in [0.1, 0.15) is 24.0 Å². The summed E-state index contributed by atoms with van der Waals surface area (Å²) >= 11 is 0. The molecule has 126 valence electrons. The molecule has 0 saturated heterocycles. The molecule has 2 rings (SSSR count). The zero-order valence-corrected chi connectivity index (χ0v) is 13.7. The topological polar surface area (TPSA) is 58.6 Å². The summed E-state index contributed by atoms with van der Waals surface area (Å²) in [6.07, 6.45) is 3.60. The normalized spacial score (nSPS) is 10.2. The molecular weight excluding hydrogens is 302 g/mol. The van der Waals surface area contributed by atoms with Crippen LogP contribution in [0.4, 0.5) is 0 Å². The van der Waals surface area contributed by atoms with E-state index >= 15 is 0 Å². The van der Waals surface area contributed by atoms with Crippen molar-refractivity contribution < 1.29 is 14.6 Å². The Labute approximate surface area is 142 Å². The fraction of sp³-hybridized carbons (Fsp3) is 0.250. The van der Waals surface area contributed by atoms with Crippen molar-refractivity contribution in [3.63, 3.8) is 0 Å². The molecule has 0 radical (unpaired) electrons. The molecule has 2 N–H and O–H groups in total. The first kappa shape index (κ1) is 17.6. The van der Waals surface area contributed by atoms with Gasteiger partial charge in [-0.05, 0) is 36.1 Å². The summed E-state index contributed by atoms with van der Waals surface area (Å²) < 4.78 is 5.63. The molecule has 0 bridgehead atoms. The van der Waals surface area contributed by atoms with Gasteiger partial charge in [0, 0.05) is 19.0 Å². The lowest BCUT2D eigenvalue weighted by molar-refractivity contribution is -0.116. The van der Waals surface area contributed by atoms with Crippen LogP contribution in [0.2, 0.25) is 0 Å². The average molecular weight is 325 g/mol. The number of hydrogen-bond acceptors (Lipinski definition) is 3. The van der Waals surface area contributed by atoms with E-state index in [9.17, 15) is 9.90 Å². The van der Waals surface area contributed by atoms with E-state index in [0.717, 1.165) is 24.0 Å². The number of hydrogen-bond donors (Lipinski definition) is 2. The van der Waals surface area contributed by atoms with Crippen LogP contribution in [0.25, 0.3) is 0 Å². The number of phenols is 1. The van der Waals surface area contributed by atoms with Gasteiger partial charge >= 0.3 is 0 Å². The highest BCUT2D eigenvalue weighted by atomic mass is 16.5. The Kier molecular flexibility index (Phi) is 6.90. The van der Waals surface area contributed by atoms with Gasteiger partial charge in [0.25, 0.3) is 0 Å². The smallest absolute Gasteiger partial charge is 0.243 e. The van der Waals surface area contributed by atoms with Crippen molar-refractivity contribution in [3.05, 3.63) is 72.3 Å². The van der Waals surface area contributed by atoms with Gasteiger partial charge < -0.3 is 15.2 Å². The van der Waals surface area contributed by atoms with E-state index < -0.39 is 0 Å². The molecule has 4 heteroatoms. The Morgan fingerprint density at radius 1 is 1.17 bits per heavy atom. The van der Waals surface area contributed by atoms with Gasteiger partial charge in [0.1, 0.15) is 11.5 Å². The summed E-state index contributed by atoms with van der Waals surface area (Å²) in [5.41, 5.74) is 2.03. The summed E-state index contributed by atoms with van der Waals surface area (Å²) in [7, 11) is 0. The first-order valence-corrected chi connectivity index (χ1v) is 8.08. The monoisotopic (exact) mass is 325 g/mol. The molecule has 2 aromatic carbocycles. The highest BCUT2D eigenvalue weighted by molar-refractivity contribution is 5.86. The van der Waals surface area contributed by atoms with Gasteiger partial charge in [-0.1, -0.05) is 43.0 Å². The third-order valence-corrected chi connectivity index (χ3v) is 3.62. The summed E-state index contributed by atoms with van der Waals surface area (Å²) in [6, 6.07) is 15.4. The van der Waals surface area contributed by atoms with Crippen LogP contribution in [0.5, 0.6) is 11.5 Å². The summed E-state index contributed by atoms with van der Waals surface area (Å²) in [4.78, 5) is 11.0. The van der Waals surface area contributed by atoms with Gasteiger partial charge in [-0.2, -0.15) is 0 Å². The molecule has 0 atom stereocenters. The van der Waals surface area contributed by atoms with Crippen molar-refractivity contribution in [1.29, 1.82) is 0 Å². The van der Waals surface area contributed by atoms with E-state index in [1.165, 1.54) is 6.08 Å². The van der Waals surface area contributed by atoms with Crippen LogP contribution in [0.15, 0.2) is 61.2 Å². The maximum Gasteiger partial charge on any atom is 0.243 e. The maximum atomic E-state index is 11.0. The van der Waals surface area contributed by atoms with Crippen LogP contribution in [0, 0.1) is 0 Å². The lowest BCUT2D eigenvalue weighted by atomic mass is 10.0. The number of carbonyl (C=O) groups excluding carboxylic acids is 1. The van der Waals surface area contributed by atoms with Crippen LogP contribution in [0.3, 0.4) is 0 Å². The Morgan fingerprint density at radius 2 is 1.96 bits per heavy atom. The number of unbranched alkanes of at least 4 members (excludes halogenated alkanes) is 1. The minimum atomic E-state index is -0.158. The fourth-order valence-electron chi connectivity index (χ4n) is 2.30. The molecular formula is C20H23NO3. The average Bonchev–Trinajstić information content (AvgIpc) is 2.61. The zero-order valence-electron chi connectivity index (χ0n) is 13.7. The molecule has 0 spiro atoms. The highest BCUT2D eigenvalue weighted by Crippen LogP contribution is 2.25. The number of phenolic OH excluding ortho intramolecular Hbond substituents is 1. The number of aromatic hydroxyl groups is 1. The second-order valence-electron chi connectivity index (χ2n) is 5.50. The highest BCUT2D eigenvalue weighted by Gasteiger charge is 2.05. The summed E-state index contributed by atoms with van der Waals surface area (Å²) in [5, 5.41) is 12.9. The number of rotatable bonds is 9. The number of nitrogens with one attached hydrogen (secondary N) is 1. The predicted octanol–water partition coefficient (Wildman–Crippen LogP) is 3.44. The van der Waals surface area contributed by atoms with Gasteiger partial charge in [0.15, 0.2) is 0 Å². The zero-order chi connectivity index (χ0) is 17.2. The number of benzene rings is 2. The molecule has 0 fully saturated rings. The van der Waals surface area contributed by atoms with Crippen molar-refractivity contribution >= 4 is 5.91 Å². The minimum absolute atomic E-state index is 0.158. The lowest BCUT2D eigenvalue weighted by Gasteiger charge is -2.10. The van der Waals surface area contributed by atoms with E-state index in [2.05, 4.69) is 11.9 Å². The third-order valence-electron chi connectivity index (χ3n) is 3.62. The van der Waals surface area contributed by atoms with Gasteiger partial charge in [0.2, 0.25) is 5.91 Å². The first-order chi connectivity index (χ1) is 11.7. The largest absolute Gasteiger partial charge is 0.508 e. The van der Waals surface area contributed by atoms with Crippen LogP contribution in [-0.2, 0) is 11.2 Å². The standard InChI is InChI=1S/C20H23NO3/c1-2-20(23)21-12-6-7-13-24-18-11-10-17(19(22)15-18)14-16-8-4-3-5-9-16/h2-5,8-11,15,22H,1,6-7,12-14H2,(H,21,23). The second kappa shape index (κ2) is 9.40. The first-order valence-electron chi connectivity index (χ1n) is 8.08. The fourth-order valence-corrected chi connectivity index (χ4v) is 2.30. The molecule has 2 aromatic rings. The Balaban J connectivity index is 1.76. The van der Waals surface area contributed by atoms with Crippen molar-refractivity contribution in [3.8, 4) is 11.5 Å².